The molecule has 0 N–H and O–H groups in total. The van der Waals surface area contributed by atoms with Crippen LogP contribution in [0, 0.1) is 11.8 Å². The number of morpholine rings is 1. The fourth-order valence-electron chi connectivity index (χ4n) is 3.36. The molecule has 1 aliphatic heterocycles. The highest BCUT2D eigenvalue weighted by molar-refractivity contribution is 7.96. The molecule has 2 aliphatic rings. The maximum atomic E-state index is 6.26. The van der Waals surface area contributed by atoms with Gasteiger partial charge in [0.05, 0.1) is 12.2 Å². The van der Waals surface area contributed by atoms with Crippen molar-refractivity contribution >= 4 is 11.9 Å². The number of rotatable bonds is 4. The van der Waals surface area contributed by atoms with Crippen LogP contribution >= 0.6 is 11.9 Å². The largest absolute Gasteiger partial charge is 0.372 e. The lowest BCUT2D eigenvalue weighted by Gasteiger charge is -2.53. The lowest BCUT2D eigenvalue weighted by molar-refractivity contribution is -0.161. The molecule has 0 bridgehead atoms. The molecular formula is C15H31NOS. The third kappa shape index (κ3) is 3.43. The summed E-state index contributed by atoms with van der Waals surface area (Å²) in [5, 5.41) is 0. The highest BCUT2D eigenvalue weighted by Gasteiger charge is 2.48. The number of hydrogen-bond acceptors (Lipinski definition) is 3. The van der Waals surface area contributed by atoms with Crippen LogP contribution in [0.25, 0.3) is 0 Å². The predicted molar refractivity (Wildman–Crippen MR) is 81.9 cm³/mol. The lowest BCUT2D eigenvalue weighted by atomic mass is 9.64. The van der Waals surface area contributed by atoms with Crippen LogP contribution < -0.4 is 0 Å². The minimum Gasteiger partial charge on any atom is -0.372 e. The molecular weight excluding hydrogens is 242 g/mol. The highest BCUT2D eigenvalue weighted by Crippen LogP contribution is 2.47. The van der Waals surface area contributed by atoms with Crippen molar-refractivity contribution < 1.29 is 4.74 Å². The molecule has 1 saturated heterocycles. The molecule has 1 heterocycles. The molecule has 2 fully saturated rings. The zero-order valence-electron chi connectivity index (χ0n) is 12.9. The van der Waals surface area contributed by atoms with Crippen molar-refractivity contribution in [3.63, 3.8) is 0 Å². The fourth-order valence-corrected chi connectivity index (χ4v) is 3.97. The Morgan fingerprint density at radius 2 is 2.06 bits per heavy atom. The van der Waals surface area contributed by atoms with Gasteiger partial charge in [-0.3, -0.25) is 0 Å². The Bertz CT molecular complexity index is 233. The van der Waals surface area contributed by atoms with E-state index in [2.05, 4.69) is 24.4 Å². The minimum atomic E-state index is 0.174. The molecule has 0 aromatic rings. The molecule has 0 amide bonds. The summed E-state index contributed by atoms with van der Waals surface area (Å²) in [6, 6.07) is 0. The van der Waals surface area contributed by atoms with Crippen molar-refractivity contribution in [2.75, 3.05) is 26.0 Å². The van der Waals surface area contributed by atoms with Gasteiger partial charge in [0.1, 0.15) is 0 Å². The van der Waals surface area contributed by atoms with Gasteiger partial charge in [-0.1, -0.05) is 46.1 Å². The van der Waals surface area contributed by atoms with Crippen molar-refractivity contribution in [3.05, 3.63) is 0 Å². The van der Waals surface area contributed by atoms with Gasteiger partial charge in [0.2, 0.25) is 0 Å². The van der Waals surface area contributed by atoms with Crippen molar-refractivity contribution in [2.24, 2.45) is 11.8 Å². The van der Waals surface area contributed by atoms with Gasteiger partial charge in [0, 0.05) is 13.1 Å². The standard InChI is InChI=1S/C13H25NOS.C2H6/c1-4-7-13(12-6-5-11(12)2)10-14(16-3)8-9-15-13;1-2/h11-12H,4-10H2,1-3H3;1-2H3/t11?,12?,13-;/m1./s1. The van der Waals surface area contributed by atoms with Crippen LogP contribution in [0.15, 0.2) is 0 Å². The van der Waals surface area contributed by atoms with Crippen LogP contribution in [0.3, 0.4) is 0 Å². The average Bonchev–Trinajstić information content (AvgIpc) is 2.39. The van der Waals surface area contributed by atoms with Crippen LogP contribution in [0.2, 0.25) is 0 Å². The molecule has 3 heteroatoms. The molecule has 2 unspecified atom stereocenters. The Hall–Kier alpha value is 0.270. The first-order valence-electron chi connectivity index (χ1n) is 7.65. The molecule has 1 aliphatic carbocycles. The summed E-state index contributed by atoms with van der Waals surface area (Å²) >= 11 is 1.88. The molecule has 2 nitrogen and oxygen atoms in total. The minimum absolute atomic E-state index is 0.174. The molecule has 3 atom stereocenters. The quantitative estimate of drug-likeness (QED) is 0.712. The Kier molecular flexibility index (Phi) is 7.04. The van der Waals surface area contributed by atoms with Gasteiger partial charge in [-0.2, -0.15) is 0 Å². The first kappa shape index (κ1) is 16.3. The zero-order valence-corrected chi connectivity index (χ0v) is 13.7. The first-order valence-corrected chi connectivity index (χ1v) is 8.83. The van der Waals surface area contributed by atoms with E-state index in [1.807, 2.05) is 25.8 Å². The summed E-state index contributed by atoms with van der Waals surface area (Å²) < 4.78 is 8.75. The van der Waals surface area contributed by atoms with Crippen LogP contribution in [-0.2, 0) is 4.74 Å². The SMILES string of the molecule is CC.CCC[C@]1(C2CCC2C)CN(SC)CCO1. The number of ether oxygens (including phenoxy) is 1. The number of nitrogens with zero attached hydrogens (tertiary/aromatic N) is 1. The van der Waals surface area contributed by atoms with Gasteiger partial charge in [0.15, 0.2) is 0 Å². The summed E-state index contributed by atoms with van der Waals surface area (Å²) in [7, 11) is 0. The Morgan fingerprint density at radius 3 is 2.50 bits per heavy atom. The molecule has 2 rings (SSSR count). The highest BCUT2D eigenvalue weighted by atomic mass is 32.2. The summed E-state index contributed by atoms with van der Waals surface area (Å²) in [6.07, 6.45) is 7.44. The smallest absolute Gasteiger partial charge is 0.0849 e. The molecule has 0 aromatic heterocycles. The molecule has 18 heavy (non-hydrogen) atoms. The Balaban J connectivity index is 0.000000771. The summed E-state index contributed by atoms with van der Waals surface area (Å²) in [6.45, 7) is 11.8. The summed E-state index contributed by atoms with van der Waals surface area (Å²) in [5.41, 5.74) is 0.174. The fraction of sp³-hybridized carbons (Fsp3) is 1.00. The molecule has 0 aromatic carbocycles. The average molecular weight is 273 g/mol. The maximum Gasteiger partial charge on any atom is 0.0849 e. The Labute approximate surface area is 118 Å². The van der Waals surface area contributed by atoms with Gasteiger partial charge in [-0.05, 0) is 37.4 Å². The van der Waals surface area contributed by atoms with E-state index in [0.717, 1.165) is 31.5 Å². The normalized spacial score (nSPS) is 36.5. The third-order valence-electron chi connectivity index (χ3n) is 4.40. The molecule has 1 saturated carbocycles. The maximum absolute atomic E-state index is 6.26. The van der Waals surface area contributed by atoms with Crippen LogP contribution in [0.4, 0.5) is 0 Å². The topological polar surface area (TPSA) is 12.5 Å². The van der Waals surface area contributed by atoms with E-state index < -0.39 is 0 Å². The van der Waals surface area contributed by atoms with Gasteiger partial charge in [-0.15, -0.1) is 0 Å². The molecule has 108 valence electrons. The third-order valence-corrected chi connectivity index (χ3v) is 5.23. The second kappa shape index (κ2) is 7.76. The lowest BCUT2D eigenvalue weighted by Crippen LogP contribution is -2.57. The summed E-state index contributed by atoms with van der Waals surface area (Å²) in [5.74, 6) is 1.68. The molecule has 0 spiro atoms. The van der Waals surface area contributed by atoms with Crippen molar-refractivity contribution in [1.29, 1.82) is 0 Å². The van der Waals surface area contributed by atoms with E-state index in [4.69, 9.17) is 4.74 Å². The first-order chi connectivity index (χ1) is 8.72. The predicted octanol–water partition coefficient (Wildman–Crippen LogP) is 4.21. The Morgan fingerprint density at radius 1 is 1.33 bits per heavy atom. The summed E-state index contributed by atoms with van der Waals surface area (Å²) in [4.78, 5) is 0. The van der Waals surface area contributed by atoms with E-state index >= 15 is 0 Å². The molecule has 0 radical (unpaired) electrons. The van der Waals surface area contributed by atoms with Crippen molar-refractivity contribution in [2.45, 2.75) is 59.0 Å². The monoisotopic (exact) mass is 273 g/mol. The van der Waals surface area contributed by atoms with E-state index in [1.54, 1.807) is 0 Å². The van der Waals surface area contributed by atoms with Crippen molar-refractivity contribution in [3.8, 4) is 0 Å². The second-order valence-corrected chi connectivity index (χ2v) is 6.25. The number of hydrogen-bond donors (Lipinski definition) is 0. The van der Waals surface area contributed by atoms with Crippen molar-refractivity contribution in [1.82, 2.24) is 4.31 Å². The van der Waals surface area contributed by atoms with Crippen LogP contribution in [-0.4, -0.2) is 35.9 Å². The van der Waals surface area contributed by atoms with Gasteiger partial charge in [0.25, 0.3) is 0 Å². The second-order valence-electron chi connectivity index (χ2n) is 5.37. The van der Waals surface area contributed by atoms with E-state index in [-0.39, 0.29) is 5.60 Å². The van der Waals surface area contributed by atoms with Crippen LogP contribution in [0.1, 0.15) is 53.4 Å². The van der Waals surface area contributed by atoms with E-state index in [0.29, 0.717) is 0 Å². The van der Waals surface area contributed by atoms with E-state index in [9.17, 15) is 0 Å². The van der Waals surface area contributed by atoms with Gasteiger partial charge >= 0.3 is 0 Å². The zero-order chi connectivity index (χ0) is 13.6. The van der Waals surface area contributed by atoms with Gasteiger partial charge in [-0.25, -0.2) is 4.31 Å². The van der Waals surface area contributed by atoms with Crippen LogP contribution in [0.5, 0.6) is 0 Å². The van der Waals surface area contributed by atoms with E-state index in [1.165, 1.54) is 25.7 Å². The van der Waals surface area contributed by atoms with Gasteiger partial charge < -0.3 is 4.74 Å².